The van der Waals surface area contributed by atoms with E-state index in [-0.39, 0.29) is 6.10 Å². The summed E-state index contributed by atoms with van der Waals surface area (Å²) in [6, 6.07) is 3.30. The third-order valence-electron chi connectivity index (χ3n) is 4.32. The van der Waals surface area contributed by atoms with Gasteiger partial charge in [0.15, 0.2) is 16.4 Å². The third kappa shape index (κ3) is 3.79. The molecule has 4 rings (SSSR count). The number of nitrogens with one attached hydrogen (secondary N) is 2. The quantitative estimate of drug-likeness (QED) is 0.395. The monoisotopic (exact) mass is 436 g/mol. The van der Waals surface area contributed by atoms with Crippen LogP contribution in [0.3, 0.4) is 0 Å². The molecule has 3 N–H and O–H groups in total. The van der Waals surface area contributed by atoms with Crippen LogP contribution < -0.4 is 10.6 Å². The van der Waals surface area contributed by atoms with E-state index < -0.39 is 6.35 Å². The standard InChI is InChI=1S/C17H18Cl2N8O2/c1-8(29-3)15-12(6-20-14-5-13(19)25-27(14)15)23-17(28)22-10-4-11(18)16-21-9(2)24-26(16)7-10/h4-8,17,22-23,28H,1-3H3/t8-,17?/m0/s1. The lowest BCUT2D eigenvalue weighted by atomic mass is 10.2. The van der Waals surface area contributed by atoms with Crippen LogP contribution in [0.4, 0.5) is 11.4 Å². The average Bonchev–Trinajstić information content (AvgIpc) is 3.22. The minimum absolute atomic E-state index is 0.309. The van der Waals surface area contributed by atoms with Crippen molar-refractivity contribution in [1.29, 1.82) is 0 Å². The van der Waals surface area contributed by atoms with Crippen molar-refractivity contribution in [2.45, 2.75) is 26.3 Å². The van der Waals surface area contributed by atoms with E-state index >= 15 is 0 Å². The van der Waals surface area contributed by atoms with Crippen LogP contribution in [0.25, 0.3) is 11.3 Å². The van der Waals surface area contributed by atoms with Gasteiger partial charge in [-0.15, -0.1) is 0 Å². The van der Waals surface area contributed by atoms with Gasteiger partial charge < -0.3 is 20.5 Å². The average molecular weight is 437 g/mol. The molecule has 1 unspecified atom stereocenters. The maximum absolute atomic E-state index is 10.5. The van der Waals surface area contributed by atoms with Crippen LogP contribution in [0.1, 0.15) is 24.5 Å². The Balaban J connectivity index is 1.63. The Morgan fingerprint density at radius 1 is 1.21 bits per heavy atom. The van der Waals surface area contributed by atoms with Crippen LogP contribution in [0.5, 0.6) is 0 Å². The predicted molar refractivity (Wildman–Crippen MR) is 109 cm³/mol. The van der Waals surface area contributed by atoms with E-state index in [1.165, 1.54) is 0 Å². The highest BCUT2D eigenvalue weighted by atomic mass is 35.5. The molecule has 29 heavy (non-hydrogen) atoms. The first-order valence-corrected chi connectivity index (χ1v) is 9.42. The lowest BCUT2D eigenvalue weighted by Crippen LogP contribution is -2.29. The Kier molecular flexibility index (Phi) is 5.17. The molecule has 4 aromatic heterocycles. The second-order valence-electron chi connectivity index (χ2n) is 6.37. The van der Waals surface area contributed by atoms with Crippen LogP contribution in [-0.2, 0) is 4.74 Å². The smallest absolute Gasteiger partial charge is 0.202 e. The van der Waals surface area contributed by atoms with Gasteiger partial charge in [0.05, 0.1) is 40.6 Å². The number of hydrogen-bond donors (Lipinski definition) is 3. The summed E-state index contributed by atoms with van der Waals surface area (Å²) >= 11 is 12.3. The SMILES string of the molecule is CO[C@@H](C)c1c(NC(O)Nc2cc(Cl)c3nc(C)nn3c2)cnc2cc(Cl)nn12. The number of aliphatic hydroxyl groups excluding tert-OH is 1. The molecule has 12 heteroatoms. The van der Waals surface area contributed by atoms with E-state index in [4.69, 9.17) is 27.9 Å². The van der Waals surface area contributed by atoms with Gasteiger partial charge in [-0.1, -0.05) is 23.2 Å². The summed E-state index contributed by atoms with van der Waals surface area (Å²) < 4.78 is 8.57. The lowest BCUT2D eigenvalue weighted by molar-refractivity contribution is 0.114. The van der Waals surface area contributed by atoms with Gasteiger partial charge in [0.1, 0.15) is 5.82 Å². The number of pyridine rings is 1. The molecule has 0 aliphatic rings. The van der Waals surface area contributed by atoms with Gasteiger partial charge in [-0.2, -0.15) is 10.2 Å². The van der Waals surface area contributed by atoms with Crippen LogP contribution in [-0.4, -0.2) is 47.8 Å². The molecule has 0 amide bonds. The number of anilines is 2. The number of aromatic nitrogens is 6. The highest BCUT2D eigenvalue weighted by molar-refractivity contribution is 6.33. The second-order valence-corrected chi connectivity index (χ2v) is 7.16. The summed E-state index contributed by atoms with van der Waals surface area (Å²) in [6.45, 7) is 3.63. The van der Waals surface area contributed by atoms with E-state index in [0.29, 0.717) is 44.4 Å². The predicted octanol–water partition coefficient (Wildman–Crippen LogP) is 2.89. The van der Waals surface area contributed by atoms with E-state index in [0.717, 1.165) is 0 Å². The molecule has 4 heterocycles. The molecule has 0 aliphatic carbocycles. The van der Waals surface area contributed by atoms with Gasteiger partial charge in [-0.05, 0) is 19.9 Å². The summed E-state index contributed by atoms with van der Waals surface area (Å²) in [5, 5.41) is 25.6. The third-order valence-corrected chi connectivity index (χ3v) is 4.78. The van der Waals surface area contributed by atoms with Crippen molar-refractivity contribution in [1.82, 2.24) is 29.2 Å². The first kappa shape index (κ1) is 19.6. The fraction of sp³-hybridized carbons (Fsp3) is 0.294. The van der Waals surface area contributed by atoms with Gasteiger partial charge in [0.2, 0.25) is 6.35 Å². The zero-order valence-corrected chi connectivity index (χ0v) is 17.3. The molecule has 0 fully saturated rings. The van der Waals surface area contributed by atoms with Crippen LogP contribution in [0.2, 0.25) is 10.2 Å². The molecule has 152 valence electrons. The van der Waals surface area contributed by atoms with Crippen molar-refractivity contribution >= 4 is 45.9 Å². The normalized spacial score (nSPS) is 13.7. The summed E-state index contributed by atoms with van der Waals surface area (Å²) in [5.41, 5.74) is 2.84. The molecule has 0 spiro atoms. The molecule has 0 aliphatic heterocycles. The fourth-order valence-corrected chi connectivity index (χ4v) is 3.43. The van der Waals surface area contributed by atoms with Crippen molar-refractivity contribution in [3.05, 3.63) is 46.2 Å². The first-order valence-electron chi connectivity index (χ1n) is 8.66. The number of nitrogens with zero attached hydrogens (tertiary/aromatic N) is 6. The topological polar surface area (TPSA) is 114 Å². The molecule has 2 atom stereocenters. The number of aliphatic hydroxyl groups is 1. The molecule has 10 nitrogen and oxygen atoms in total. The van der Waals surface area contributed by atoms with E-state index in [1.54, 1.807) is 47.6 Å². The molecular weight excluding hydrogens is 419 g/mol. The number of halogens is 2. The Morgan fingerprint density at radius 2 is 2.00 bits per heavy atom. The summed E-state index contributed by atoms with van der Waals surface area (Å²) in [7, 11) is 1.58. The molecule has 4 aromatic rings. The van der Waals surface area contributed by atoms with Crippen molar-refractivity contribution in [2.24, 2.45) is 0 Å². The van der Waals surface area contributed by atoms with Crippen molar-refractivity contribution in [3.63, 3.8) is 0 Å². The van der Waals surface area contributed by atoms with Crippen LogP contribution >= 0.6 is 23.2 Å². The summed E-state index contributed by atoms with van der Waals surface area (Å²) in [5.74, 6) is 0.596. The van der Waals surface area contributed by atoms with Crippen LogP contribution in [0, 0.1) is 6.92 Å². The van der Waals surface area contributed by atoms with E-state index in [2.05, 4.69) is 30.8 Å². The van der Waals surface area contributed by atoms with Gasteiger partial charge in [-0.25, -0.2) is 19.0 Å². The van der Waals surface area contributed by atoms with Crippen molar-refractivity contribution < 1.29 is 9.84 Å². The number of methoxy groups -OCH3 is 1. The van der Waals surface area contributed by atoms with Gasteiger partial charge in [0, 0.05) is 13.2 Å². The number of hydrogen-bond acceptors (Lipinski definition) is 8. The van der Waals surface area contributed by atoms with E-state index in [9.17, 15) is 5.11 Å². The molecule has 0 saturated heterocycles. The maximum atomic E-state index is 10.5. The van der Waals surface area contributed by atoms with Crippen LogP contribution in [0.15, 0.2) is 24.5 Å². The van der Waals surface area contributed by atoms with Gasteiger partial charge in [0.25, 0.3) is 0 Å². The number of rotatable bonds is 6. The fourth-order valence-electron chi connectivity index (χ4n) is 3.01. The van der Waals surface area contributed by atoms with Crippen molar-refractivity contribution in [3.8, 4) is 0 Å². The minimum Gasteiger partial charge on any atom is -0.375 e. The molecule has 0 aromatic carbocycles. The molecule has 0 saturated carbocycles. The largest absolute Gasteiger partial charge is 0.375 e. The number of aryl methyl sites for hydroxylation is 1. The highest BCUT2D eigenvalue weighted by Crippen LogP contribution is 2.27. The Morgan fingerprint density at radius 3 is 2.76 bits per heavy atom. The number of fused-ring (bicyclic) bond motifs is 2. The Bertz CT molecular complexity index is 1190. The second kappa shape index (κ2) is 7.64. The maximum Gasteiger partial charge on any atom is 0.202 e. The summed E-state index contributed by atoms with van der Waals surface area (Å²) in [6.07, 6.45) is 1.76. The summed E-state index contributed by atoms with van der Waals surface area (Å²) in [4.78, 5) is 8.56. The van der Waals surface area contributed by atoms with E-state index in [1.807, 2.05) is 6.92 Å². The zero-order chi connectivity index (χ0) is 20.7. The minimum atomic E-state index is -1.17. The lowest BCUT2D eigenvalue weighted by Gasteiger charge is -2.21. The Labute approximate surface area is 175 Å². The van der Waals surface area contributed by atoms with Crippen molar-refractivity contribution in [2.75, 3.05) is 17.7 Å². The first-order chi connectivity index (χ1) is 13.9. The van der Waals surface area contributed by atoms with Gasteiger partial charge >= 0.3 is 0 Å². The number of ether oxygens (including phenoxy) is 1. The molecular formula is C17H18Cl2N8O2. The highest BCUT2D eigenvalue weighted by Gasteiger charge is 2.19. The Hall–Kier alpha value is -2.66. The molecule has 0 bridgehead atoms. The molecule has 0 radical (unpaired) electrons. The van der Waals surface area contributed by atoms with Gasteiger partial charge in [-0.3, -0.25) is 0 Å². The zero-order valence-electron chi connectivity index (χ0n) is 15.8.